The summed E-state index contributed by atoms with van der Waals surface area (Å²) in [6.07, 6.45) is 2.03. The topological polar surface area (TPSA) is 81.1 Å². The van der Waals surface area contributed by atoms with Gasteiger partial charge in [0.1, 0.15) is 17.6 Å². The Balaban J connectivity index is 1.50. The van der Waals surface area contributed by atoms with E-state index in [-0.39, 0.29) is 12.0 Å². The van der Waals surface area contributed by atoms with E-state index in [4.69, 9.17) is 16.3 Å². The van der Waals surface area contributed by atoms with Crippen LogP contribution in [0.5, 0.6) is 5.75 Å². The molecule has 0 aliphatic carbocycles. The van der Waals surface area contributed by atoms with Gasteiger partial charge in [0, 0.05) is 16.3 Å². The van der Waals surface area contributed by atoms with Gasteiger partial charge in [0.2, 0.25) is 5.95 Å². The first kappa shape index (κ1) is 21.7. The van der Waals surface area contributed by atoms with Crippen molar-refractivity contribution in [3.63, 3.8) is 0 Å². The summed E-state index contributed by atoms with van der Waals surface area (Å²) in [5.74, 6) is 0.476. The number of ether oxygens (including phenoxy) is 1. The Morgan fingerprint density at radius 2 is 1.76 bits per heavy atom. The van der Waals surface area contributed by atoms with E-state index in [2.05, 4.69) is 20.7 Å². The average molecular weight is 476 g/mol. The van der Waals surface area contributed by atoms with Crippen LogP contribution in [0.25, 0.3) is 5.70 Å². The van der Waals surface area contributed by atoms with Crippen molar-refractivity contribution in [2.24, 2.45) is 0 Å². The van der Waals surface area contributed by atoms with Crippen molar-refractivity contribution in [3.05, 3.63) is 106 Å². The number of halogens is 2. The Morgan fingerprint density at radius 1 is 1.06 bits per heavy atom. The standard InChI is InChI=1S/C25H19ClFN5O2/c1-34-20-12-6-16(7-13-20)22-14-21(15-2-8-18(26)9-3-15)28-25-30-24(31-32(22)25)29-23(33)17-4-10-19(27)11-5-17/h2-14,22H,1H3,(H2,28,29,30,31,33). The molecular formula is C25H19ClFN5O2. The third-order valence-corrected chi connectivity index (χ3v) is 5.66. The number of nitrogens with one attached hydrogen (secondary N) is 2. The molecular weight excluding hydrogens is 457 g/mol. The van der Waals surface area contributed by atoms with Gasteiger partial charge >= 0.3 is 0 Å². The predicted molar refractivity (Wildman–Crippen MR) is 129 cm³/mol. The Hall–Kier alpha value is -4.17. The summed E-state index contributed by atoms with van der Waals surface area (Å²) in [7, 11) is 1.61. The Kier molecular flexibility index (Phi) is 5.73. The molecule has 1 unspecified atom stereocenters. The number of carbonyl (C=O) groups excluding carboxylic acids is 1. The first-order chi connectivity index (χ1) is 16.5. The van der Waals surface area contributed by atoms with E-state index in [1.807, 2.05) is 54.6 Å². The lowest BCUT2D eigenvalue weighted by atomic mass is 10.0. The summed E-state index contributed by atoms with van der Waals surface area (Å²) in [6.45, 7) is 0. The number of hydrogen-bond donors (Lipinski definition) is 2. The number of hydrogen-bond acceptors (Lipinski definition) is 5. The Bertz CT molecular complexity index is 1370. The van der Waals surface area contributed by atoms with E-state index in [0.717, 1.165) is 22.6 Å². The van der Waals surface area contributed by atoms with Crippen LogP contribution in [0.3, 0.4) is 0 Å². The molecule has 34 heavy (non-hydrogen) atoms. The third kappa shape index (κ3) is 4.35. The van der Waals surface area contributed by atoms with Crippen molar-refractivity contribution in [1.82, 2.24) is 14.8 Å². The fourth-order valence-corrected chi connectivity index (χ4v) is 3.78. The fourth-order valence-electron chi connectivity index (χ4n) is 3.66. The molecule has 4 aromatic rings. The minimum atomic E-state index is -0.435. The lowest BCUT2D eigenvalue weighted by Crippen LogP contribution is -2.20. The molecule has 1 amide bonds. The van der Waals surface area contributed by atoms with Crippen molar-refractivity contribution >= 4 is 35.1 Å². The summed E-state index contributed by atoms with van der Waals surface area (Å²) >= 11 is 6.06. The van der Waals surface area contributed by atoms with Gasteiger partial charge in [-0.15, -0.1) is 5.10 Å². The van der Waals surface area contributed by atoms with Crippen molar-refractivity contribution in [2.75, 3.05) is 17.7 Å². The zero-order valence-corrected chi connectivity index (χ0v) is 18.8. The molecule has 0 saturated carbocycles. The molecule has 1 aromatic heterocycles. The van der Waals surface area contributed by atoms with Gasteiger partial charge in [-0.3, -0.25) is 10.1 Å². The average Bonchev–Trinajstić information content (AvgIpc) is 3.26. The second kappa shape index (κ2) is 8.99. The highest BCUT2D eigenvalue weighted by molar-refractivity contribution is 6.30. The maximum Gasteiger partial charge on any atom is 0.258 e. The summed E-state index contributed by atoms with van der Waals surface area (Å²) in [5.41, 5.74) is 3.01. The first-order valence-electron chi connectivity index (χ1n) is 10.4. The largest absolute Gasteiger partial charge is 0.497 e. The van der Waals surface area contributed by atoms with Gasteiger partial charge in [0.25, 0.3) is 11.9 Å². The Labute approximate surface area is 199 Å². The first-order valence-corrected chi connectivity index (χ1v) is 10.8. The second-order valence-corrected chi connectivity index (χ2v) is 8.03. The van der Waals surface area contributed by atoms with Crippen LogP contribution in [0.1, 0.15) is 27.5 Å². The van der Waals surface area contributed by atoms with E-state index in [1.54, 1.807) is 11.8 Å². The van der Waals surface area contributed by atoms with Crippen molar-refractivity contribution < 1.29 is 13.9 Å². The van der Waals surface area contributed by atoms with Crippen LogP contribution in [-0.2, 0) is 0 Å². The zero-order valence-electron chi connectivity index (χ0n) is 18.0. The molecule has 2 N–H and O–H groups in total. The number of anilines is 2. The molecule has 7 nitrogen and oxygen atoms in total. The van der Waals surface area contributed by atoms with E-state index < -0.39 is 11.7 Å². The van der Waals surface area contributed by atoms with Gasteiger partial charge < -0.3 is 10.1 Å². The molecule has 0 saturated heterocycles. The summed E-state index contributed by atoms with van der Waals surface area (Å²) in [6, 6.07) is 20.1. The molecule has 5 rings (SSSR count). The van der Waals surface area contributed by atoms with Crippen LogP contribution in [0, 0.1) is 5.82 Å². The highest BCUT2D eigenvalue weighted by Crippen LogP contribution is 2.34. The third-order valence-electron chi connectivity index (χ3n) is 5.41. The molecule has 9 heteroatoms. The van der Waals surface area contributed by atoms with Crippen molar-refractivity contribution in [3.8, 4) is 5.75 Å². The van der Waals surface area contributed by atoms with Gasteiger partial charge in [-0.2, -0.15) is 4.98 Å². The fraction of sp³-hybridized carbons (Fsp3) is 0.0800. The van der Waals surface area contributed by atoms with Crippen LogP contribution < -0.4 is 15.4 Å². The number of rotatable bonds is 5. The highest BCUT2D eigenvalue weighted by atomic mass is 35.5. The van der Waals surface area contributed by atoms with Crippen molar-refractivity contribution in [1.29, 1.82) is 0 Å². The number of benzene rings is 3. The molecule has 0 fully saturated rings. The minimum absolute atomic E-state index is 0.126. The number of carbonyl (C=O) groups is 1. The van der Waals surface area contributed by atoms with Crippen LogP contribution in [0.2, 0.25) is 5.02 Å². The number of aromatic nitrogens is 3. The molecule has 1 aliphatic rings. The van der Waals surface area contributed by atoms with Gasteiger partial charge in [-0.05, 0) is 65.7 Å². The predicted octanol–water partition coefficient (Wildman–Crippen LogP) is 5.39. The quantitative estimate of drug-likeness (QED) is 0.404. The lowest BCUT2D eigenvalue weighted by molar-refractivity contribution is 0.102. The van der Waals surface area contributed by atoms with Gasteiger partial charge in [0.05, 0.1) is 7.11 Å². The number of methoxy groups -OCH3 is 1. The van der Waals surface area contributed by atoms with E-state index in [1.165, 1.54) is 24.3 Å². The maximum absolute atomic E-state index is 13.2. The molecule has 3 aromatic carbocycles. The Morgan fingerprint density at radius 3 is 2.44 bits per heavy atom. The van der Waals surface area contributed by atoms with Crippen LogP contribution >= 0.6 is 11.6 Å². The molecule has 0 bridgehead atoms. The molecule has 2 heterocycles. The molecule has 0 spiro atoms. The summed E-state index contributed by atoms with van der Waals surface area (Å²) in [4.78, 5) is 17.1. The van der Waals surface area contributed by atoms with Crippen LogP contribution in [-0.4, -0.2) is 27.8 Å². The highest BCUT2D eigenvalue weighted by Gasteiger charge is 2.26. The second-order valence-electron chi connectivity index (χ2n) is 7.59. The molecule has 1 aliphatic heterocycles. The SMILES string of the molecule is COc1ccc(C2C=C(c3ccc(Cl)cc3)Nc3nc(NC(=O)c4ccc(F)cc4)nn32)cc1. The summed E-state index contributed by atoms with van der Waals surface area (Å²) in [5, 5.41) is 11.1. The normalized spacial score (nSPS) is 14.6. The van der Waals surface area contributed by atoms with Crippen LogP contribution in [0.4, 0.5) is 16.3 Å². The van der Waals surface area contributed by atoms with Crippen molar-refractivity contribution in [2.45, 2.75) is 6.04 Å². The van der Waals surface area contributed by atoms with E-state index in [9.17, 15) is 9.18 Å². The number of fused-ring (bicyclic) bond motifs is 1. The van der Waals surface area contributed by atoms with E-state index >= 15 is 0 Å². The van der Waals surface area contributed by atoms with Gasteiger partial charge in [-0.1, -0.05) is 35.9 Å². The monoisotopic (exact) mass is 475 g/mol. The molecule has 0 radical (unpaired) electrons. The smallest absolute Gasteiger partial charge is 0.258 e. The maximum atomic E-state index is 13.2. The minimum Gasteiger partial charge on any atom is -0.497 e. The number of allylic oxidation sites excluding steroid dienone is 1. The zero-order chi connectivity index (χ0) is 23.7. The summed E-state index contributed by atoms with van der Waals surface area (Å²) < 4.78 is 20.2. The molecule has 1 atom stereocenters. The number of amides is 1. The molecule has 170 valence electrons. The van der Waals surface area contributed by atoms with Crippen LogP contribution in [0.15, 0.2) is 78.9 Å². The number of nitrogens with zero attached hydrogens (tertiary/aromatic N) is 3. The lowest BCUT2D eigenvalue weighted by Gasteiger charge is -2.24. The van der Waals surface area contributed by atoms with Gasteiger partial charge in [0.15, 0.2) is 0 Å². The van der Waals surface area contributed by atoms with Gasteiger partial charge in [-0.25, -0.2) is 9.07 Å². The van der Waals surface area contributed by atoms with E-state index in [0.29, 0.717) is 16.5 Å².